The molecule has 2 aromatic carbocycles. The van der Waals surface area contributed by atoms with Crippen LogP contribution in [0, 0.1) is 5.92 Å². The van der Waals surface area contributed by atoms with Crippen molar-refractivity contribution >= 4 is 11.6 Å². The molecule has 5 rings (SSSR count). The second-order valence-corrected chi connectivity index (χ2v) is 8.59. The highest BCUT2D eigenvalue weighted by molar-refractivity contribution is 6.33. The third-order valence-electron chi connectivity index (χ3n) is 5.79. The first-order chi connectivity index (χ1) is 16.7. The quantitative estimate of drug-likeness (QED) is 0.372. The molecule has 0 amide bonds. The molecule has 2 heterocycles. The first-order valence-electron chi connectivity index (χ1n) is 11.2. The van der Waals surface area contributed by atoms with E-state index in [0.29, 0.717) is 33.6 Å². The van der Waals surface area contributed by atoms with Crippen LogP contribution in [0.15, 0.2) is 71.7 Å². The summed E-state index contributed by atoms with van der Waals surface area (Å²) in [6.07, 6.45) is 5.46. The zero-order valence-corrected chi connectivity index (χ0v) is 19.2. The number of nitrogens with zero attached hydrogens (tertiary/aromatic N) is 3. The predicted molar refractivity (Wildman–Crippen MR) is 130 cm³/mol. The highest BCUT2D eigenvalue weighted by atomic mass is 35.5. The number of aromatic nitrogens is 4. The summed E-state index contributed by atoms with van der Waals surface area (Å²) in [5.74, 6) is 2.50. The first kappa shape index (κ1) is 22.1. The van der Waals surface area contributed by atoms with E-state index in [9.17, 15) is 4.79 Å². The maximum Gasteiger partial charge on any atom is 0.348 e. The molecule has 8 heteroatoms. The van der Waals surface area contributed by atoms with Crippen molar-refractivity contribution in [3.05, 3.63) is 88.1 Å². The van der Waals surface area contributed by atoms with Gasteiger partial charge in [-0.3, -0.25) is 9.97 Å². The lowest BCUT2D eigenvalue weighted by molar-refractivity contribution is 0.180. The van der Waals surface area contributed by atoms with Crippen molar-refractivity contribution in [1.29, 1.82) is 0 Å². The molecule has 1 fully saturated rings. The zero-order chi connectivity index (χ0) is 23.3. The van der Waals surface area contributed by atoms with Crippen LogP contribution < -0.4 is 15.2 Å². The van der Waals surface area contributed by atoms with Crippen LogP contribution in [0.5, 0.6) is 11.5 Å². The maximum atomic E-state index is 12.4. The van der Waals surface area contributed by atoms with Gasteiger partial charge in [0.05, 0.1) is 22.9 Å². The number of rotatable bonds is 8. The van der Waals surface area contributed by atoms with E-state index in [-0.39, 0.29) is 12.4 Å². The minimum atomic E-state index is -0.527. The number of hydrogen-bond donors (Lipinski definition) is 1. The van der Waals surface area contributed by atoms with E-state index >= 15 is 0 Å². The van der Waals surface area contributed by atoms with E-state index in [1.165, 1.54) is 19.3 Å². The number of H-pyrrole nitrogens is 1. The third kappa shape index (κ3) is 5.10. The van der Waals surface area contributed by atoms with Gasteiger partial charge in [-0.2, -0.15) is 4.98 Å². The number of halogens is 1. The summed E-state index contributed by atoms with van der Waals surface area (Å²) < 4.78 is 11.8. The van der Waals surface area contributed by atoms with Crippen molar-refractivity contribution in [2.24, 2.45) is 5.92 Å². The van der Waals surface area contributed by atoms with Crippen molar-refractivity contribution in [2.75, 3.05) is 6.61 Å². The number of aromatic amines is 1. The first-order valence-corrected chi connectivity index (χ1v) is 11.6. The Hall–Kier alpha value is -3.71. The van der Waals surface area contributed by atoms with Crippen molar-refractivity contribution in [2.45, 2.75) is 25.9 Å². The molecule has 1 N–H and O–H groups in total. The Balaban J connectivity index is 1.41. The number of hydrogen-bond acceptors (Lipinski definition) is 6. The average molecular weight is 475 g/mol. The van der Waals surface area contributed by atoms with Gasteiger partial charge in [0, 0.05) is 11.8 Å². The lowest BCUT2D eigenvalue weighted by Gasteiger charge is -2.25. The van der Waals surface area contributed by atoms with Gasteiger partial charge in [-0.25, -0.2) is 9.78 Å². The molecule has 2 aromatic heterocycles. The van der Waals surface area contributed by atoms with Gasteiger partial charge in [-0.05, 0) is 67.3 Å². The van der Waals surface area contributed by atoms with Gasteiger partial charge in [-0.15, -0.1) is 0 Å². The molecule has 0 spiro atoms. The number of benzene rings is 2. The molecule has 7 nitrogen and oxygen atoms in total. The molecule has 0 atom stereocenters. The smallest absolute Gasteiger partial charge is 0.348 e. The number of nitrogens with one attached hydrogen (secondary N) is 1. The minimum Gasteiger partial charge on any atom is -0.493 e. The maximum absolute atomic E-state index is 12.4. The summed E-state index contributed by atoms with van der Waals surface area (Å²) >= 11 is 6.50. The van der Waals surface area contributed by atoms with Crippen LogP contribution in [0.4, 0.5) is 0 Å². The highest BCUT2D eigenvalue weighted by Gasteiger charge is 2.18. The Morgan fingerprint density at radius 1 is 0.971 bits per heavy atom. The minimum absolute atomic E-state index is 0.249. The monoisotopic (exact) mass is 474 g/mol. The average Bonchev–Trinajstić information content (AvgIpc) is 2.82. The van der Waals surface area contributed by atoms with Gasteiger partial charge < -0.3 is 9.47 Å². The second kappa shape index (κ2) is 10.1. The third-order valence-corrected chi connectivity index (χ3v) is 6.10. The Bertz CT molecular complexity index is 1320. The van der Waals surface area contributed by atoms with Crippen LogP contribution in [0.3, 0.4) is 0 Å². The Morgan fingerprint density at radius 2 is 1.82 bits per heavy atom. The summed E-state index contributed by atoms with van der Waals surface area (Å²) in [7, 11) is 0. The summed E-state index contributed by atoms with van der Waals surface area (Å²) in [6.45, 7) is 0.984. The van der Waals surface area contributed by atoms with Crippen LogP contribution in [-0.4, -0.2) is 26.5 Å². The molecule has 0 radical (unpaired) electrons. The van der Waals surface area contributed by atoms with E-state index in [1.54, 1.807) is 24.4 Å². The molecule has 172 valence electrons. The van der Waals surface area contributed by atoms with E-state index in [1.807, 2.05) is 42.5 Å². The van der Waals surface area contributed by atoms with Gasteiger partial charge in [0.15, 0.2) is 5.82 Å². The lowest BCUT2D eigenvalue weighted by atomic mass is 9.86. The summed E-state index contributed by atoms with van der Waals surface area (Å²) in [5, 5.41) is 0.401. The Labute approximate surface area is 201 Å². The molecule has 34 heavy (non-hydrogen) atoms. The fraction of sp³-hybridized carbons (Fsp3) is 0.231. The van der Waals surface area contributed by atoms with E-state index < -0.39 is 5.69 Å². The van der Waals surface area contributed by atoms with Crippen LogP contribution in [0.1, 0.15) is 25.0 Å². The fourth-order valence-electron chi connectivity index (χ4n) is 3.70. The van der Waals surface area contributed by atoms with Gasteiger partial charge in [0.25, 0.3) is 0 Å². The largest absolute Gasteiger partial charge is 0.493 e. The molecule has 0 bridgehead atoms. The highest BCUT2D eigenvalue weighted by Crippen LogP contribution is 2.35. The molecule has 0 unspecified atom stereocenters. The van der Waals surface area contributed by atoms with Crippen LogP contribution >= 0.6 is 11.6 Å². The fourth-order valence-corrected chi connectivity index (χ4v) is 3.95. The predicted octanol–water partition coefficient (Wildman–Crippen LogP) is 5.31. The zero-order valence-electron chi connectivity index (χ0n) is 18.4. The Kier molecular flexibility index (Phi) is 6.53. The molecule has 1 saturated carbocycles. The van der Waals surface area contributed by atoms with Gasteiger partial charge in [0.2, 0.25) is 0 Å². The molecule has 0 aliphatic heterocycles. The SMILES string of the molecule is O=c1nc(-c2ccc(OCC3CCC3)cc2)nc(-c2c(Cl)cccc2OCc2ccccn2)[nH]1. The van der Waals surface area contributed by atoms with Gasteiger partial charge in [-0.1, -0.05) is 30.2 Å². The molecule has 4 aromatic rings. The van der Waals surface area contributed by atoms with Crippen molar-refractivity contribution in [1.82, 2.24) is 19.9 Å². The molecule has 1 aliphatic rings. The summed E-state index contributed by atoms with van der Waals surface area (Å²) in [5.41, 5.74) is 1.43. The van der Waals surface area contributed by atoms with Gasteiger partial charge in [0.1, 0.15) is 23.9 Å². The lowest BCUT2D eigenvalue weighted by Crippen LogP contribution is -2.19. The van der Waals surface area contributed by atoms with E-state index in [4.69, 9.17) is 21.1 Å². The molecule has 1 aliphatic carbocycles. The second-order valence-electron chi connectivity index (χ2n) is 8.18. The summed E-state index contributed by atoms with van der Waals surface area (Å²) in [6, 6.07) is 18.3. The van der Waals surface area contributed by atoms with Crippen LogP contribution in [-0.2, 0) is 6.61 Å². The molecular formula is C26H23ClN4O3. The molecule has 0 saturated heterocycles. The number of ether oxygens (including phenoxy) is 2. The van der Waals surface area contributed by atoms with Crippen LogP contribution in [0.25, 0.3) is 22.8 Å². The van der Waals surface area contributed by atoms with Crippen molar-refractivity contribution in [3.8, 4) is 34.3 Å². The van der Waals surface area contributed by atoms with E-state index in [2.05, 4.69) is 19.9 Å². The topological polar surface area (TPSA) is 90.0 Å². The van der Waals surface area contributed by atoms with Crippen molar-refractivity contribution < 1.29 is 9.47 Å². The normalized spacial score (nSPS) is 13.3. The summed E-state index contributed by atoms with van der Waals surface area (Å²) in [4.78, 5) is 28.0. The van der Waals surface area contributed by atoms with Crippen LogP contribution in [0.2, 0.25) is 5.02 Å². The van der Waals surface area contributed by atoms with Gasteiger partial charge >= 0.3 is 5.69 Å². The number of pyridine rings is 1. The molecular weight excluding hydrogens is 452 g/mol. The van der Waals surface area contributed by atoms with Crippen molar-refractivity contribution in [3.63, 3.8) is 0 Å². The standard InChI is InChI=1S/C26H23ClN4O3/c27-21-8-4-9-22(34-16-19-7-1-2-14-28-19)23(21)25-29-24(30-26(32)31-25)18-10-12-20(13-11-18)33-15-17-5-3-6-17/h1-2,4,7-14,17H,3,5-6,15-16H2,(H,29,30,31,32). The van der Waals surface area contributed by atoms with E-state index in [0.717, 1.165) is 18.1 Å². The Morgan fingerprint density at radius 3 is 2.56 bits per heavy atom.